The fourth-order valence-corrected chi connectivity index (χ4v) is 3.59. The van der Waals surface area contributed by atoms with Gasteiger partial charge >= 0.3 is 0 Å². The van der Waals surface area contributed by atoms with Gasteiger partial charge in [-0.1, -0.05) is 6.92 Å². The van der Waals surface area contributed by atoms with E-state index in [-0.39, 0.29) is 4.90 Å². The van der Waals surface area contributed by atoms with Crippen LogP contribution in [0.25, 0.3) is 0 Å². The van der Waals surface area contributed by atoms with Crippen molar-refractivity contribution < 1.29 is 13.3 Å². The molecule has 7 nitrogen and oxygen atoms in total. The summed E-state index contributed by atoms with van der Waals surface area (Å²) in [5.74, 6) is 0. The van der Waals surface area contributed by atoms with Gasteiger partial charge in [-0.05, 0) is 38.3 Å². The van der Waals surface area contributed by atoms with Crippen LogP contribution in [0.2, 0.25) is 0 Å². The Hall–Kier alpha value is -1.67. The Morgan fingerprint density at radius 1 is 1.38 bits per heavy atom. The van der Waals surface area contributed by atoms with Crippen LogP contribution in [0.5, 0.6) is 0 Å². The maximum Gasteiger partial charge on any atom is 0.289 e. The van der Waals surface area contributed by atoms with Gasteiger partial charge in [0.1, 0.15) is 0 Å². The molecule has 1 aromatic rings. The van der Waals surface area contributed by atoms with Crippen molar-refractivity contribution in [2.24, 2.45) is 0 Å². The monoisotopic (exact) mass is 313 g/mol. The summed E-state index contributed by atoms with van der Waals surface area (Å²) in [4.78, 5) is 10.1. The van der Waals surface area contributed by atoms with E-state index >= 15 is 0 Å². The van der Waals surface area contributed by atoms with E-state index in [1.807, 2.05) is 6.92 Å². The SMILES string of the molecule is CCCNc1ccc([N+](=O)[O-])c(S(=O)(=O)NC2(C)CC2)c1. The lowest BCUT2D eigenvalue weighted by Gasteiger charge is -2.13. The minimum atomic E-state index is -3.91. The lowest BCUT2D eigenvalue weighted by Crippen LogP contribution is -2.34. The number of hydrogen-bond donors (Lipinski definition) is 2. The van der Waals surface area contributed by atoms with Gasteiger partial charge in [0.15, 0.2) is 4.90 Å². The third kappa shape index (κ3) is 3.70. The standard InChI is InChI=1S/C13H19N3O4S/c1-3-8-14-10-4-5-11(16(17)18)12(9-10)21(19,20)15-13(2)6-7-13/h4-5,9,14-15H,3,6-8H2,1-2H3. The van der Waals surface area contributed by atoms with Crippen LogP contribution >= 0.6 is 0 Å². The molecule has 0 bridgehead atoms. The number of sulfonamides is 1. The molecule has 8 heteroatoms. The van der Waals surface area contributed by atoms with Crippen LogP contribution in [0.1, 0.15) is 33.1 Å². The fourth-order valence-electron chi connectivity index (χ4n) is 1.93. The molecule has 2 rings (SSSR count). The first-order valence-corrected chi connectivity index (χ1v) is 8.32. The van der Waals surface area contributed by atoms with Crippen molar-refractivity contribution in [3.8, 4) is 0 Å². The molecule has 2 N–H and O–H groups in total. The molecule has 21 heavy (non-hydrogen) atoms. The van der Waals surface area contributed by atoms with E-state index in [2.05, 4.69) is 10.0 Å². The van der Waals surface area contributed by atoms with Crippen LogP contribution in [0, 0.1) is 10.1 Å². The minimum Gasteiger partial charge on any atom is -0.385 e. The lowest BCUT2D eigenvalue weighted by atomic mass is 10.3. The Kier molecular flexibility index (Phi) is 4.20. The molecule has 0 amide bonds. The van der Waals surface area contributed by atoms with Gasteiger partial charge in [0.2, 0.25) is 10.0 Å². The van der Waals surface area contributed by atoms with Crippen molar-refractivity contribution in [1.82, 2.24) is 4.72 Å². The fraction of sp³-hybridized carbons (Fsp3) is 0.538. The van der Waals surface area contributed by atoms with E-state index in [4.69, 9.17) is 0 Å². The number of rotatable bonds is 7. The molecule has 1 fully saturated rings. The average molecular weight is 313 g/mol. The minimum absolute atomic E-state index is 0.290. The molecule has 0 saturated heterocycles. The smallest absolute Gasteiger partial charge is 0.289 e. The summed E-state index contributed by atoms with van der Waals surface area (Å²) >= 11 is 0. The highest BCUT2D eigenvalue weighted by Gasteiger charge is 2.42. The molecule has 0 aromatic heterocycles. The Bertz CT molecular complexity index is 653. The molecule has 116 valence electrons. The summed E-state index contributed by atoms with van der Waals surface area (Å²) in [7, 11) is -3.91. The summed E-state index contributed by atoms with van der Waals surface area (Å²) in [6, 6.07) is 4.06. The van der Waals surface area contributed by atoms with Crippen molar-refractivity contribution in [2.45, 2.75) is 43.5 Å². The van der Waals surface area contributed by atoms with Crippen molar-refractivity contribution in [1.29, 1.82) is 0 Å². The number of nitro benzene ring substituents is 1. The molecule has 1 aliphatic carbocycles. The van der Waals surface area contributed by atoms with Crippen LogP contribution in [0.4, 0.5) is 11.4 Å². The zero-order valence-corrected chi connectivity index (χ0v) is 12.9. The number of hydrogen-bond acceptors (Lipinski definition) is 5. The second-order valence-corrected chi connectivity index (χ2v) is 7.18. The number of anilines is 1. The Labute approximate surface area is 123 Å². The number of nitrogens with one attached hydrogen (secondary N) is 2. The third-order valence-electron chi connectivity index (χ3n) is 3.41. The van der Waals surface area contributed by atoms with Gasteiger partial charge in [0.05, 0.1) is 4.92 Å². The van der Waals surface area contributed by atoms with Crippen molar-refractivity contribution in [3.05, 3.63) is 28.3 Å². The molecule has 0 atom stereocenters. The second kappa shape index (κ2) is 5.61. The van der Waals surface area contributed by atoms with Gasteiger partial charge in [0.25, 0.3) is 5.69 Å². The van der Waals surface area contributed by atoms with Gasteiger partial charge in [-0.3, -0.25) is 10.1 Å². The normalized spacial score (nSPS) is 16.5. The van der Waals surface area contributed by atoms with Gasteiger partial charge < -0.3 is 5.32 Å². The zero-order chi connectivity index (χ0) is 15.7. The van der Waals surface area contributed by atoms with E-state index in [1.165, 1.54) is 18.2 Å². The summed E-state index contributed by atoms with van der Waals surface area (Å²) in [5, 5.41) is 14.1. The highest BCUT2D eigenvalue weighted by atomic mass is 32.2. The van der Waals surface area contributed by atoms with Crippen molar-refractivity contribution in [2.75, 3.05) is 11.9 Å². The molecule has 0 radical (unpaired) electrons. The van der Waals surface area contributed by atoms with Gasteiger partial charge in [0, 0.05) is 23.8 Å². The van der Waals surface area contributed by atoms with E-state index in [9.17, 15) is 18.5 Å². The van der Waals surface area contributed by atoms with Crippen LogP contribution in [-0.4, -0.2) is 25.4 Å². The summed E-state index contributed by atoms with van der Waals surface area (Å²) in [6.45, 7) is 4.43. The van der Waals surface area contributed by atoms with Crippen LogP contribution in [-0.2, 0) is 10.0 Å². The van der Waals surface area contributed by atoms with Gasteiger partial charge in [-0.25, -0.2) is 13.1 Å². The Balaban J connectivity index is 2.40. The molecule has 0 spiro atoms. The molecule has 1 aromatic carbocycles. The first kappa shape index (κ1) is 15.7. The van der Waals surface area contributed by atoms with E-state index < -0.39 is 26.2 Å². The number of nitro groups is 1. The first-order valence-electron chi connectivity index (χ1n) is 6.84. The highest BCUT2D eigenvalue weighted by molar-refractivity contribution is 7.89. The maximum absolute atomic E-state index is 12.4. The zero-order valence-electron chi connectivity index (χ0n) is 12.0. The molecule has 0 unspecified atom stereocenters. The first-order chi connectivity index (χ1) is 9.77. The van der Waals surface area contributed by atoms with Gasteiger partial charge in [-0.15, -0.1) is 0 Å². The summed E-state index contributed by atoms with van der Waals surface area (Å²) in [6.07, 6.45) is 2.36. The predicted molar refractivity (Wildman–Crippen MR) is 79.8 cm³/mol. The van der Waals surface area contributed by atoms with Crippen molar-refractivity contribution in [3.63, 3.8) is 0 Å². The number of benzene rings is 1. The van der Waals surface area contributed by atoms with E-state index in [1.54, 1.807) is 6.92 Å². The van der Waals surface area contributed by atoms with E-state index in [0.717, 1.165) is 19.3 Å². The Morgan fingerprint density at radius 3 is 2.57 bits per heavy atom. The third-order valence-corrected chi connectivity index (χ3v) is 5.07. The van der Waals surface area contributed by atoms with Gasteiger partial charge in [-0.2, -0.15) is 0 Å². The average Bonchev–Trinajstić information content (AvgIpc) is 3.12. The van der Waals surface area contributed by atoms with Crippen LogP contribution in [0.3, 0.4) is 0 Å². The lowest BCUT2D eigenvalue weighted by molar-refractivity contribution is -0.387. The van der Waals surface area contributed by atoms with E-state index in [0.29, 0.717) is 12.2 Å². The van der Waals surface area contributed by atoms with Crippen molar-refractivity contribution >= 4 is 21.4 Å². The van der Waals surface area contributed by atoms with Crippen LogP contribution in [0.15, 0.2) is 23.1 Å². The van der Waals surface area contributed by atoms with Crippen LogP contribution < -0.4 is 10.0 Å². The molecule has 0 aliphatic heterocycles. The molecular weight excluding hydrogens is 294 g/mol. The number of nitrogens with zero attached hydrogens (tertiary/aromatic N) is 1. The largest absolute Gasteiger partial charge is 0.385 e. The topological polar surface area (TPSA) is 101 Å². The Morgan fingerprint density at radius 2 is 2.05 bits per heavy atom. The molecule has 0 heterocycles. The predicted octanol–water partition coefficient (Wildman–Crippen LogP) is 2.25. The summed E-state index contributed by atoms with van der Waals surface area (Å²) in [5.41, 5.74) is -0.322. The highest BCUT2D eigenvalue weighted by Crippen LogP contribution is 2.37. The second-order valence-electron chi connectivity index (χ2n) is 5.53. The summed E-state index contributed by atoms with van der Waals surface area (Å²) < 4.78 is 27.3. The molecule has 1 aliphatic rings. The molecule has 1 saturated carbocycles. The maximum atomic E-state index is 12.4. The molecular formula is C13H19N3O4S. The quantitative estimate of drug-likeness (QED) is 0.594.